The van der Waals surface area contributed by atoms with Crippen LogP contribution in [0.4, 0.5) is 4.39 Å². The normalized spacial score (nSPS) is 16.9. The zero-order valence-corrected chi connectivity index (χ0v) is 10.8. The molecule has 3 rings (SSSR count). The van der Waals surface area contributed by atoms with E-state index in [-0.39, 0.29) is 18.0 Å². The first-order valence-corrected chi connectivity index (χ1v) is 6.52. The maximum atomic E-state index is 12.8. The van der Waals surface area contributed by atoms with Gasteiger partial charge in [0.2, 0.25) is 0 Å². The molecule has 1 atom stereocenters. The van der Waals surface area contributed by atoms with E-state index in [0.717, 1.165) is 17.5 Å². The molecule has 2 aromatic rings. The Morgan fingerprint density at radius 3 is 2.65 bits per heavy atom. The minimum absolute atomic E-state index is 0.236. The molecule has 3 nitrogen and oxygen atoms in total. The monoisotopic (exact) mass is 271 g/mol. The maximum Gasteiger partial charge on any atom is 0.340 e. The average molecular weight is 271 g/mol. The summed E-state index contributed by atoms with van der Waals surface area (Å²) in [5.74, 6) is -0.528. The van der Waals surface area contributed by atoms with Crippen LogP contribution < -0.4 is 5.32 Å². The van der Waals surface area contributed by atoms with Gasteiger partial charge in [0.05, 0.1) is 5.56 Å². The van der Waals surface area contributed by atoms with Crippen molar-refractivity contribution in [1.82, 2.24) is 5.32 Å². The van der Waals surface area contributed by atoms with Crippen LogP contribution in [0.2, 0.25) is 0 Å². The van der Waals surface area contributed by atoms with Crippen molar-refractivity contribution in [2.24, 2.45) is 0 Å². The summed E-state index contributed by atoms with van der Waals surface area (Å²) in [6.07, 6.45) is 0.357. The molecule has 102 valence electrons. The second kappa shape index (κ2) is 5.43. The molecule has 1 heterocycles. The number of esters is 1. The first-order chi connectivity index (χ1) is 9.74. The van der Waals surface area contributed by atoms with E-state index >= 15 is 0 Å². The SMILES string of the molecule is O=C1OC(NCCc2ccc(F)cc2)c2ccccc21. The molecule has 2 aromatic carbocycles. The third kappa shape index (κ3) is 2.56. The molecular weight excluding hydrogens is 257 g/mol. The lowest BCUT2D eigenvalue weighted by atomic mass is 10.1. The molecule has 0 saturated carbocycles. The van der Waals surface area contributed by atoms with Crippen molar-refractivity contribution in [3.63, 3.8) is 0 Å². The average Bonchev–Trinajstić information content (AvgIpc) is 2.79. The van der Waals surface area contributed by atoms with Crippen molar-refractivity contribution in [3.05, 3.63) is 71.0 Å². The van der Waals surface area contributed by atoms with E-state index in [0.29, 0.717) is 12.1 Å². The summed E-state index contributed by atoms with van der Waals surface area (Å²) >= 11 is 0. The Bertz CT molecular complexity index is 625. The molecule has 20 heavy (non-hydrogen) atoms. The number of benzene rings is 2. The molecule has 0 aromatic heterocycles. The highest BCUT2D eigenvalue weighted by molar-refractivity contribution is 5.93. The van der Waals surface area contributed by atoms with E-state index in [1.54, 1.807) is 18.2 Å². The Morgan fingerprint density at radius 2 is 1.85 bits per heavy atom. The highest BCUT2D eigenvalue weighted by Crippen LogP contribution is 2.27. The fraction of sp³-hybridized carbons (Fsp3) is 0.188. The number of carbonyl (C=O) groups excluding carboxylic acids is 1. The topological polar surface area (TPSA) is 38.3 Å². The number of rotatable bonds is 4. The quantitative estimate of drug-likeness (QED) is 0.869. The summed E-state index contributed by atoms with van der Waals surface area (Å²) in [6.45, 7) is 0.651. The summed E-state index contributed by atoms with van der Waals surface area (Å²) < 4.78 is 18.1. The highest BCUT2D eigenvalue weighted by Gasteiger charge is 2.29. The molecule has 4 heteroatoms. The van der Waals surface area contributed by atoms with Crippen LogP contribution in [0.5, 0.6) is 0 Å². The minimum Gasteiger partial charge on any atom is -0.439 e. The first-order valence-electron chi connectivity index (χ1n) is 6.52. The van der Waals surface area contributed by atoms with Gasteiger partial charge in [0.1, 0.15) is 5.82 Å². The van der Waals surface area contributed by atoms with Crippen LogP contribution in [-0.2, 0) is 11.2 Å². The van der Waals surface area contributed by atoms with E-state index in [9.17, 15) is 9.18 Å². The maximum absolute atomic E-state index is 12.8. The van der Waals surface area contributed by atoms with Gasteiger partial charge >= 0.3 is 5.97 Å². The molecule has 0 saturated heterocycles. The lowest BCUT2D eigenvalue weighted by Crippen LogP contribution is -2.23. The predicted octanol–water partition coefficient (Wildman–Crippen LogP) is 2.83. The van der Waals surface area contributed by atoms with Crippen molar-refractivity contribution in [2.45, 2.75) is 12.6 Å². The van der Waals surface area contributed by atoms with E-state index in [2.05, 4.69) is 5.32 Å². The van der Waals surface area contributed by atoms with Gasteiger partial charge in [-0.1, -0.05) is 30.3 Å². The lowest BCUT2D eigenvalue weighted by molar-refractivity contribution is 0.0310. The van der Waals surface area contributed by atoms with Gasteiger partial charge in [-0.15, -0.1) is 0 Å². The molecule has 1 unspecified atom stereocenters. The van der Waals surface area contributed by atoms with Crippen LogP contribution in [-0.4, -0.2) is 12.5 Å². The van der Waals surface area contributed by atoms with E-state index in [1.165, 1.54) is 12.1 Å². The summed E-state index contributed by atoms with van der Waals surface area (Å²) in [6, 6.07) is 13.8. The molecule has 1 aliphatic rings. The molecule has 0 amide bonds. The highest BCUT2D eigenvalue weighted by atomic mass is 19.1. The standard InChI is InChI=1S/C16H14FNO2/c17-12-7-5-11(6-8-12)9-10-18-15-13-3-1-2-4-14(13)16(19)20-15/h1-8,15,18H,9-10H2. The van der Waals surface area contributed by atoms with E-state index in [1.807, 2.05) is 18.2 Å². The molecule has 0 radical (unpaired) electrons. The number of ether oxygens (including phenoxy) is 1. The fourth-order valence-electron chi connectivity index (χ4n) is 2.30. The molecule has 0 spiro atoms. The van der Waals surface area contributed by atoms with E-state index in [4.69, 9.17) is 4.74 Å². The summed E-state index contributed by atoms with van der Waals surface area (Å²) in [5, 5.41) is 3.19. The van der Waals surface area contributed by atoms with Crippen molar-refractivity contribution in [1.29, 1.82) is 0 Å². The minimum atomic E-state index is -0.390. The lowest BCUT2D eigenvalue weighted by Gasteiger charge is -2.12. The first kappa shape index (κ1) is 12.8. The van der Waals surface area contributed by atoms with Gasteiger partial charge in [-0.3, -0.25) is 5.32 Å². The van der Waals surface area contributed by atoms with Gasteiger partial charge in [0.25, 0.3) is 0 Å². The Hall–Kier alpha value is -2.20. The number of fused-ring (bicyclic) bond motifs is 1. The van der Waals surface area contributed by atoms with Gasteiger partial charge in [0.15, 0.2) is 6.23 Å². The number of hydrogen-bond donors (Lipinski definition) is 1. The van der Waals surface area contributed by atoms with Gasteiger partial charge in [-0.25, -0.2) is 9.18 Å². The molecule has 1 N–H and O–H groups in total. The molecule has 0 bridgehead atoms. The van der Waals surface area contributed by atoms with Gasteiger partial charge in [-0.05, 0) is 30.2 Å². The number of hydrogen-bond acceptors (Lipinski definition) is 3. The second-order valence-corrected chi connectivity index (χ2v) is 4.70. The number of cyclic esters (lactones) is 1. The Labute approximate surface area is 116 Å². The predicted molar refractivity (Wildman–Crippen MR) is 72.7 cm³/mol. The van der Waals surface area contributed by atoms with Crippen LogP contribution in [0.25, 0.3) is 0 Å². The summed E-state index contributed by atoms with van der Waals surface area (Å²) in [5.41, 5.74) is 2.53. The summed E-state index contributed by atoms with van der Waals surface area (Å²) in [7, 11) is 0. The zero-order valence-electron chi connectivity index (χ0n) is 10.8. The molecule has 0 fully saturated rings. The Kier molecular flexibility index (Phi) is 3.48. The van der Waals surface area contributed by atoms with Gasteiger partial charge in [-0.2, -0.15) is 0 Å². The van der Waals surface area contributed by atoms with Crippen LogP contribution in [0.3, 0.4) is 0 Å². The largest absolute Gasteiger partial charge is 0.439 e. The van der Waals surface area contributed by atoms with Crippen LogP contribution in [0.15, 0.2) is 48.5 Å². The van der Waals surface area contributed by atoms with Gasteiger partial charge < -0.3 is 4.74 Å². The van der Waals surface area contributed by atoms with Crippen molar-refractivity contribution in [2.75, 3.05) is 6.54 Å². The molecule has 0 aliphatic carbocycles. The van der Waals surface area contributed by atoms with Crippen LogP contribution in [0.1, 0.15) is 27.7 Å². The van der Waals surface area contributed by atoms with Crippen LogP contribution in [0, 0.1) is 5.82 Å². The zero-order chi connectivity index (χ0) is 13.9. The van der Waals surface area contributed by atoms with Crippen molar-refractivity contribution >= 4 is 5.97 Å². The van der Waals surface area contributed by atoms with Crippen LogP contribution >= 0.6 is 0 Å². The van der Waals surface area contributed by atoms with Gasteiger partial charge in [0, 0.05) is 12.1 Å². The molecular formula is C16H14FNO2. The Morgan fingerprint density at radius 1 is 1.10 bits per heavy atom. The van der Waals surface area contributed by atoms with Crippen molar-refractivity contribution < 1.29 is 13.9 Å². The number of carbonyl (C=O) groups is 1. The summed E-state index contributed by atoms with van der Waals surface area (Å²) in [4.78, 5) is 11.6. The third-order valence-electron chi connectivity index (χ3n) is 3.34. The second-order valence-electron chi connectivity index (χ2n) is 4.70. The third-order valence-corrected chi connectivity index (χ3v) is 3.34. The molecule has 1 aliphatic heterocycles. The number of halogens is 1. The smallest absolute Gasteiger partial charge is 0.340 e. The fourth-order valence-corrected chi connectivity index (χ4v) is 2.30. The Balaban J connectivity index is 1.60. The number of nitrogens with one attached hydrogen (secondary N) is 1. The van der Waals surface area contributed by atoms with E-state index < -0.39 is 0 Å². The van der Waals surface area contributed by atoms with Crippen molar-refractivity contribution in [3.8, 4) is 0 Å².